The highest BCUT2D eigenvalue weighted by Gasteiger charge is 2.30. The van der Waals surface area contributed by atoms with Gasteiger partial charge in [0.2, 0.25) is 10.0 Å². The van der Waals surface area contributed by atoms with E-state index in [1.54, 1.807) is 12.1 Å². The predicted molar refractivity (Wildman–Crippen MR) is 89.2 cm³/mol. The summed E-state index contributed by atoms with van der Waals surface area (Å²) in [5.41, 5.74) is 0.790. The number of para-hydroxylation sites is 1. The maximum absolute atomic E-state index is 12.3. The summed E-state index contributed by atoms with van der Waals surface area (Å²) in [6.07, 6.45) is -3.81. The van der Waals surface area contributed by atoms with Gasteiger partial charge in [-0.3, -0.25) is 9.52 Å². The quantitative estimate of drug-likeness (QED) is 0.797. The van der Waals surface area contributed by atoms with Gasteiger partial charge in [0, 0.05) is 6.54 Å². The van der Waals surface area contributed by atoms with Crippen molar-refractivity contribution in [2.24, 2.45) is 0 Å². The summed E-state index contributed by atoms with van der Waals surface area (Å²) in [5, 5.41) is 2.57. The van der Waals surface area contributed by atoms with Crippen LogP contribution in [0.25, 0.3) is 0 Å². The monoisotopic (exact) mass is 388 g/mol. The molecule has 1 amide bonds. The van der Waals surface area contributed by atoms with Crippen LogP contribution in [0, 0.1) is 0 Å². The van der Waals surface area contributed by atoms with Gasteiger partial charge in [-0.1, -0.05) is 24.3 Å². The molecular weight excluding hydrogens is 373 g/mol. The largest absolute Gasteiger partial charge is 0.573 e. The van der Waals surface area contributed by atoms with Gasteiger partial charge in [-0.05, 0) is 29.8 Å². The first kappa shape index (κ1) is 19.6. The molecule has 2 aromatic rings. The Labute approximate surface area is 148 Å². The number of ether oxygens (including phenoxy) is 1. The van der Waals surface area contributed by atoms with Crippen LogP contribution in [-0.4, -0.2) is 26.9 Å². The molecule has 0 atom stereocenters. The van der Waals surface area contributed by atoms with Gasteiger partial charge in [0.05, 0.1) is 17.5 Å². The summed E-state index contributed by atoms with van der Waals surface area (Å²) in [6, 6.07) is 11.1. The van der Waals surface area contributed by atoms with Gasteiger partial charge in [-0.15, -0.1) is 13.2 Å². The molecular formula is C16H15F3N2O4S. The van der Waals surface area contributed by atoms with Crippen LogP contribution < -0.4 is 14.8 Å². The fourth-order valence-electron chi connectivity index (χ4n) is 2.06. The highest BCUT2D eigenvalue weighted by Crippen LogP contribution is 2.23. The molecule has 0 bridgehead atoms. The van der Waals surface area contributed by atoms with Gasteiger partial charge < -0.3 is 10.1 Å². The van der Waals surface area contributed by atoms with Crippen molar-refractivity contribution in [2.45, 2.75) is 12.9 Å². The number of anilines is 1. The molecule has 0 aliphatic heterocycles. The molecule has 26 heavy (non-hydrogen) atoms. The number of carbonyl (C=O) groups is 1. The molecule has 0 heterocycles. The Morgan fingerprint density at radius 1 is 1.08 bits per heavy atom. The van der Waals surface area contributed by atoms with Crippen LogP contribution in [0.5, 0.6) is 5.75 Å². The molecule has 0 aliphatic carbocycles. The van der Waals surface area contributed by atoms with Gasteiger partial charge in [0.15, 0.2) is 0 Å². The Kier molecular flexibility index (Phi) is 5.76. The zero-order chi connectivity index (χ0) is 19.4. The topological polar surface area (TPSA) is 84.5 Å². The number of halogens is 3. The Balaban J connectivity index is 2.03. The van der Waals surface area contributed by atoms with E-state index in [-0.39, 0.29) is 23.5 Å². The molecule has 10 heteroatoms. The number of sulfonamides is 1. The van der Waals surface area contributed by atoms with Crippen molar-refractivity contribution in [1.82, 2.24) is 5.32 Å². The van der Waals surface area contributed by atoms with Gasteiger partial charge >= 0.3 is 6.36 Å². The highest BCUT2D eigenvalue weighted by molar-refractivity contribution is 7.92. The zero-order valence-electron chi connectivity index (χ0n) is 13.5. The first-order valence-electron chi connectivity index (χ1n) is 7.23. The summed E-state index contributed by atoms with van der Waals surface area (Å²) >= 11 is 0. The van der Waals surface area contributed by atoms with Crippen LogP contribution in [0.15, 0.2) is 48.5 Å². The first-order valence-corrected chi connectivity index (χ1v) is 9.12. The molecule has 140 valence electrons. The van der Waals surface area contributed by atoms with Crippen LogP contribution in [0.3, 0.4) is 0 Å². The van der Waals surface area contributed by atoms with Crippen molar-refractivity contribution in [3.63, 3.8) is 0 Å². The van der Waals surface area contributed by atoms with Crippen LogP contribution in [-0.2, 0) is 16.6 Å². The Morgan fingerprint density at radius 3 is 2.27 bits per heavy atom. The lowest BCUT2D eigenvalue weighted by Gasteiger charge is -2.12. The number of carbonyl (C=O) groups excluding carboxylic acids is 1. The van der Waals surface area contributed by atoms with Gasteiger partial charge in [0.1, 0.15) is 5.75 Å². The van der Waals surface area contributed by atoms with Crippen LogP contribution in [0.2, 0.25) is 0 Å². The summed E-state index contributed by atoms with van der Waals surface area (Å²) in [5.74, 6) is -0.900. The third-order valence-electron chi connectivity index (χ3n) is 3.08. The van der Waals surface area contributed by atoms with E-state index in [0.29, 0.717) is 5.56 Å². The molecule has 0 saturated heterocycles. The normalized spacial score (nSPS) is 11.7. The molecule has 0 aromatic heterocycles. The van der Waals surface area contributed by atoms with E-state index in [0.717, 1.165) is 18.4 Å². The van der Waals surface area contributed by atoms with Crippen molar-refractivity contribution >= 4 is 21.6 Å². The molecule has 2 aromatic carbocycles. The van der Waals surface area contributed by atoms with E-state index in [9.17, 15) is 26.4 Å². The maximum atomic E-state index is 12.3. The predicted octanol–water partition coefficient (Wildman–Crippen LogP) is 2.89. The molecule has 2 N–H and O–H groups in total. The number of alkyl halides is 3. The second-order valence-corrected chi connectivity index (χ2v) is 7.04. The van der Waals surface area contributed by atoms with Crippen molar-refractivity contribution in [1.29, 1.82) is 0 Å². The number of amides is 1. The molecule has 0 saturated carbocycles. The van der Waals surface area contributed by atoms with E-state index in [4.69, 9.17) is 0 Å². The number of nitrogens with one attached hydrogen (secondary N) is 2. The lowest BCUT2D eigenvalue weighted by molar-refractivity contribution is -0.274. The Bertz CT molecular complexity index is 881. The second-order valence-electron chi connectivity index (χ2n) is 5.29. The average Bonchev–Trinajstić information content (AvgIpc) is 2.51. The van der Waals surface area contributed by atoms with Crippen molar-refractivity contribution < 1.29 is 31.1 Å². The lowest BCUT2D eigenvalue weighted by Crippen LogP contribution is -2.24. The fraction of sp³-hybridized carbons (Fsp3) is 0.188. The van der Waals surface area contributed by atoms with Crippen LogP contribution in [0.4, 0.5) is 18.9 Å². The van der Waals surface area contributed by atoms with E-state index in [1.165, 1.54) is 24.3 Å². The highest BCUT2D eigenvalue weighted by atomic mass is 32.2. The third-order valence-corrected chi connectivity index (χ3v) is 3.67. The Hall–Kier alpha value is -2.75. The number of hydrogen-bond donors (Lipinski definition) is 2. The number of hydrogen-bond acceptors (Lipinski definition) is 4. The fourth-order valence-corrected chi connectivity index (χ4v) is 2.63. The van der Waals surface area contributed by atoms with E-state index in [2.05, 4.69) is 14.8 Å². The van der Waals surface area contributed by atoms with E-state index in [1.807, 2.05) is 0 Å². The van der Waals surface area contributed by atoms with Crippen LogP contribution in [0.1, 0.15) is 15.9 Å². The summed E-state index contributed by atoms with van der Waals surface area (Å²) in [7, 11) is -3.56. The minimum atomic E-state index is -4.77. The molecule has 2 rings (SSSR count). The van der Waals surface area contributed by atoms with E-state index >= 15 is 0 Å². The molecule has 0 fully saturated rings. The first-order chi connectivity index (χ1) is 12.0. The van der Waals surface area contributed by atoms with Gasteiger partial charge in [-0.25, -0.2) is 8.42 Å². The number of rotatable bonds is 6. The van der Waals surface area contributed by atoms with Crippen LogP contribution >= 0.6 is 0 Å². The summed E-state index contributed by atoms with van der Waals surface area (Å²) in [4.78, 5) is 12.3. The molecule has 0 radical (unpaired) electrons. The van der Waals surface area contributed by atoms with E-state index < -0.39 is 22.3 Å². The number of benzene rings is 2. The van der Waals surface area contributed by atoms with Crippen molar-refractivity contribution in [3.05, 3.63) is 59.7 Å². The van der Waals surface area contributed by atoms with Gasteiger partial charge in [-0.2, -0.15) is 0 Å². The van der Waals surface area contributed by atoms with Crippen molar-refractivity contribution in [2.75, 3.05) is 11.0 Å². The SMILES string of the molecule is CS(=O)(=O)Nc1ccccc1C(=O)NCc1ccc(OC(F)(F)F)cc1. The smallest absolute Gasteiger partial charge is 0.406 e. The maximum Gasteiger partial charge on any atom is 0.573 e. The molecule has 0 unspecified atom stereocenters. The second kappa shape index (κ2) is 7.65. The van der Waals surface area contributed by atoms with Crippen molar-refractivity contribution in [3.8, 4) is 5.75 Å². The molecule has 0 aliphatic rings. The standard InChI is InChI=1S/C16H15F3N2O4S/c1-26(23,24)21-14-5-3-2-4-13(14)15(22)20-10-11-6-8-12(9-7-11)25-16(17,18)19/h2-9,21H,10H2,1H3,(H,20,22). The molecule has 6 nitrogen and oxygen atoms in total. The third kappa shape index (κ3) is 6.28. The zero-order valence-corrected chi connectivity index (χ0v) is 14.3. The lowest BCUT2D eigenvalue weighted by atomic mass is 10.1. The average molecular weight is 388 g/mol. The minimum Gasteiger partial charge on any atom is -0.406 e. The van der Waals surface area contributed by atoms with Gasteiger partial charge in [0.25, 0.3) is 5.91 Å². The molecule has 0 spiro atoms. The summed E-state index contributed by atoms with van der Waals surface area (Å²) < 4.78 is 65.0. The Morgan fingerprint density at radius 2 is 1.69 bits per heavy atom. The minimum absolute atomic E-state index is 0.0400. The summed E-state index contributed by atoms with van der Waals surface area (Å²) in [6.45, 7) is 0.0400.